The summed E-state index contributed by atoms with van der Waals surface area (Å²) in [6, 6.07) is 10.1. The fraction of sp³-hybridized carbons (Fsp3) is 0.133. The summed E-state index contributed by atoms with van der Waals surface area (Å²) in [6.07, 6.45) is 0. The first-order valence-electron chi connectivity index (χ1n) is 6.27. The molecule has 6 nitrogen and oxygen atoms in total. The summed E-state index contributed by atoms with van der Waals surface area (Å²) >= 11 is 0. The summed E-state index contributed by atoms with van der Waals surface area (Å²) in [4.78, 5) is 11.0. The Balaban J connectivity index is 2.26. The zero-order valence-electron chi connectivity index (χ0n) is 11.8. The molecule has 1 amide bonds. The number of nitrogens with zero attached hydrogens (tertiary/aromatic N) is 2. The van der Waals surface area contributed by atoms with Crippen LogP contribution < -0.4 is 16.2 Å². The first-order chi connectivity index (χ1) is 10.0. The van der Waals surface area contributed by atoms with E-state index in [-0.39, 0.29) is 0 Å². The van der Waals surface area contributed by atoms with Gasteiger partial charge in [-0.1, -0.05) is 0 Å². The van der Waals surface area contributed by atoms with Crippen molar-refractivity contribution in [2.45, 2.75) is 6.92 Å². The average molecular weight is 284 g/mol. The van der Waals surface area contributed by atoms with Gasteiger partial charge in [0, 0.05) is 11.6 Å². The van der Waals surface area contributed by atoms with Crippen LogP contribution in [0.5, 0.6) is 5.75 Å². The number of methoxy groups -OCH3 is 1. The fourth-order valence-corrected chi connectivity index (χ4v) is 1.79. The first-order valence-corrected chi connectivity index (χ1v) is 6.27. The Hall–Kier alpha value is -2.89. The second-order valence-electron chi connectivity index (χ2n) is 4.49. The van der Waals surface area contributed by atoms with Crippen LogP contribution in [-0.2, 0) is 0 Å². The molecule has 0 radical (unpaired) electrons. The van der Waals surface area contributed by atoms with Gasteiger partial charge in [-0.2, -0.15) is 10.2 Å². The monoisotopic (exact) mass is 284 g/mol. The highest BCUT2D eigenvalue weighted by atomic mass is 16.5. The van der Waals surface area contributed by atoms with Crippen LogP contribution in [0, 0.1) is 6.92 Å². The lowest BCUT2D eigenvalue weighted by Gasteiger charge is -2.07. The van der Waals surface area contributed by atoms with E-state index in [1.807, 2.05) is 6.92 Å². The molecule has 6 heteroatoms. The van der Waals surface area contributed by atoms with Gasteiger partial charge in [0.1, 0.15) is 5.75 Å². The van der Waals surface area contributed by atoms with Gasteiger partial charge in [0.15, 0.2) is 0 Å². The number of carbonyl (C=O) groups is 1. The summed E-state index contributed by atoms with van der Waals surface area (Å²) in [7, 11) is 1.55. The molecule has 2 aromatic rings. The second-order valence-corrected chi connectivity index (χ2v) is 4.49. The standard InChI is InChI=1S/C15H16N4O2/c1-9-7-12(16)14(21-2)8-13(9)19-18-11-5-3-10(4-6-11)15(17)20/h3-8H,16H2,1-2H3,(H2,17,20). The van der Waals surface area contributed by atoms with Gasteiger partial charge < -0.3 is 16.2 Å². The van der Waals surface area contributed by atoms with Crippen molar-refractivity contribution in [3.8, 4) is 5.75 Å². The highest BCUT2D eigenvalue weighted by Crippen LogP contribution is 2.31. The van der Waals surface area contributed by atoms with Crippen molar-refractivity contribution >= 4 is 23.0 Å². The van der Waals surface area contributed by atoms with Crippen LogP contribution in [0.15, 0.2) is 46.6 Å². The van der Waals surface area contributed by atoms with Crippen molar-refractivity contribution in [2.24, 2.45) is 16.0 Å². The molecule has 4 N–H and O–H groups in total. The molecule has 0 aliphatic heterocycles. The minimum atomic E-state index is -0.474. The van der Waals surface area contributed by atoms with E-state index in [0.29, 0.717) is 28.4 Å². The van der Waals surface area contributed by atoms with E-state index in [2.05, 4.69) is 10.2 Å². The quantitative estimate of drug-likeness (QED) is 0.665. The molecule has 21 heavy (non-hydrogen) atoms. The number of azo groups is 1. The average Bonchev–Trinajstić information content (AvgIpc) is 2.47. The predicted molar refractivity (Wildman–Crippen MR) is 81.3 cm³/mol. The van der Waals surface area contributed by atoms with E-state index < -0.39 is 5.91 Å². The van der Waals surface area contributed by atoms with Gasteiger partial charge in [0.25, 0.3) is 0 Å². The largest absolute Gasteiger partial charge is 0.495 e. The molecule has 0 bridgehead atoms. The van der Waals surface area contributed by atoms with E-state index in [9.17, 15) is 4.79 Å². The van der Waals surface area contributed by atoms with Gasteiger partial charge in [-0.25, -0.2) is 0 Å². The number of benzene rings is 2. The van der Waals surface area contributed by atoms with E-state index >= 15 is 0 Å². The van der Waals surface area contributed by atoms with Gasteiger partial charge in [-0.3, -0.25) is 4.79 Å². The van der Waals surface area contributed by atoms with Crippen LogP contribution in [0.2, 0.25) is 0 Å². The maximum atomic E-state index is 11.0. The summed E-state index contributed by atoms with van der Waals surface area (Å²) in [6.45, 7) is 1.89. The lowest BCUT2D eigenvalue weighted by Crippen LogP contribution is -2.10. The van der Waals surface area contributed by atoms with Crippen molar-refractivity contribution in [2.75, 3.05) is 12.8 Å². The Morgan fingerprint density at radius 3 is 2.38 bits per heavy atom. The third-order valence-corrected chi connectivity index (χ3v) is 2.97. The van der Waals surface area contributed by atoms with Crippen molar-refractivity contribution in [1.82, 2.24) is 0 Å². The summed E-state index contributed by atoms with van der Waals surface area (Å²) in [5, 5.41) is 8.29. The van der Waals surface area contributed by atoms with Crippen LogP contribution in [0.1, 0.15) is 15.9 Å². The lowest BCUT2D eigenvalue weighted by molar-refractivity contribution is 0.100. The van der Waals surface area contributed by atoms with E-state index in [4.69, 9.17) is 16.2 Å². The van der Waals surface area contributed by atoms with Crippen molar-refractivity contribution < 1.29 is 9.53 Å². The second kappa shape index (κ2) is 6.04. The molecular weight excluding hydrogens is 268 g/mol. The molecule has 0 aliphatic carbocycles. The topological polar surface area (TPSA) is 103 Å². The number of primary amides is 1. The number of carbonyl (C=O) groups excluding carboxylic acids is 1. The van der Waals surface area contributed by atoms with Crippen LogP contribution in [0.4, 0.5) is 17.1 Å². The lowest BCUT2D eigenvalue weighted by atomic mass is 10.1. The molecule has 0 atom stereocenters. The number of amides is 1. The summed E-state index contributed by atoms with van der Waals surface area (Å²) < 4.78 is 5.16. The van der Waals surface area contributed by atoms with Gasteiger partial charge in [0.2, 0.25) is 5.91 Å². The molecule has 0 saturated heterocycles. The third kappa shape index (κ3) is 3.36. The minimum absolute atomic E-state index is 0.430. The van der Waals surface area contributed by atoms with Crippen molar-refractivity contribution in [3.63, 3.8) is 0 Å². The van der Waals surface area contributed by atoms with Crippen LogP contribution in [-0.4, -0.2) is 13.0 Å². The Labute approximate surface area is 122 Å². The van der Waals surface area contributed by atoms with Gasteiger partial charge >= 0.3 is 0 Å². The molecule has 0 unspecified atom stereocenters. The zero-order valence-corrected chi connectivity index (χ0v) is 11.8. The molecule has 108 valence electrons. The molecule has 0 saturated carbocycles. The third-order valence-electron chi connectivity index (χ3n) is 2.97. The van der Waals surface area contributed by atoms with E-state index in [1.54, 1.807) is 43.5 Å². The highest BCUT2D eigenvalue weighted by molar-refractivity contribution is 5.92. The van der Waals surface area contributed by atoms with Crippen molar-refractivity contribution in [3.05, 3.63) is 47.5 Å². The van der Waals surface area contributed by atoms with Gasteiger partial charge in [-0.15, -0.1) is 0 Å². The molecule has 0 spiro atoms. The molecular formula is C15H16N4O2. The number of nitrogens with two attached hydrogens (primary N) is 2. The number of aryl methyl sites for hydroxylation is 1. The number of hydrogen-bond donors (Lipinski definition) is 2. The number of hydrogen-bond acceptors (Lipinski definition) is 5. The Morgan fingerprint density at radius 1 is 1.14 bits per heavy atom. The number of anilines is 1. The fourth-order valence-electron chi connectivity index (χ4n) is 1.79. The van der Waals surface area contributed by atoms with Crippen LogP contribution in [0.25, 0.3) is 0 Å². The zero-order chi connectivity index (χ0) is 15.4. The van der Waals surface area contributed by atoms with Crippen LogP contribution in [0.3, 0.4) is 0 Å². The van der Waals surface area contributed by atoms with Gasteiger partial charge in [-0.05, 0) is 42.8 Å². The minimum Gasteiger partial charge on any atom is -0.495 e. The van der Waals surface area contributed by atoms with Crippen LogP contribution >= 0.6 is 0 Å². The highest BCUT2D eigenvalue weighted by Gasteiger charge is 2.05. The number of ether oxygens (including phenoxy) is 1. The maximum Gasteiger partial charge on any atom is 0.248 e. The van der Waals surface area contributed by atoms with E-state index in [0.717, 1.165) is 5.56 Å². The molecule has 0 heterocycles. The Kier molecular flexibility index (Phi) is 4.18. The Morgan fingerprint density at radius 2 is 1.81 bits per heavy atom. The normalized spacial score (nSPS) is 10.8. The molecule has 0 aliphatic rings. The van der Waals surface area contributed by atoms with E-state index in [1.165, 1.54) is 0 Å². The molecule has 0 fully saturated rings. The summed E-state index contributed by atoms with van der Waals surface area (Å²) in [5.74, 6) is 0.0798. The number of nitrogen functional groups attached to an aromatic ring is 1. The smallest absolute Gasteiger partial charge is 0.248 e. The molecule has 2 aromatic carbocycles. The van der Waals surface area contributed by atoms with Gasteiger partial charge in [0.05, 0.1) is 24.2 Å². The van der Waals surface area contributed by atoms with Crippen molar-refractivity contribution in [1.29, 1.82) is 0 Å². The maximum absolute atomic E-state index is 11.0. The number of rotatable bonds is 4. The predicted octanol–water partition coefficient (Wildman–Crippen LogP) is 3.10. The summed E-state index contributed by atoms with van der Waals surface area (Å²) in [5.41, 5.74) is 14.2. The SMILES string of the molecule is COc1cc(N=Nc2ccc(C(N)=O)cc2)c(C)cc1N. The Bertz CT molecular complexity index is 694. The molecule has 2 rings (SSSR count). The molecule has 0 aromatic heterocycles. The first kappa shape index (κ1) is 14.5.